The molecule has 0 aliphatic heterocycles. The first-order chi connectivity index (χ1) is 12.7. The van der Waals surface area contributed by atoms with Gasteiger partial charge in [-0.2, -0.15) is 0 Å². The van der Waals surface area contributed by atoms with E-state index in [0.717, 1.165) is 22.4 Å². The van der Waals surface area contributed by atoms with E-state index < -0.39 is 0 Å². The van der Waals surface area contributed by atoms with E-state index in [1.807, 2.05) is 48.5 Å². The molecule has 1 heterocycles. The number of aliphatic hydroxyl groups is 1. The summed E-state index contributed by atoms with van der Waals surface area (Å²) in [4.78, 5) is 12.1. The summed E-state index contributed by atoms with van der Waals surface area (Å²) in [5, 5.41) is 20.0. The second-order valence-electron chi connectivity index (χ2n) is 5.78. The minimum atomic E-state index is -0.153. The molecule has 2 aromatic carbocycles. The van der Waals surface area contributed by atoms with Crippen LogP contribution >= 0.6 is 0 Å². The molecule has 0 spiro atoms. The van der Waals surface area contributed by atoms with Crippen molar-refractivity contribution in [3.8, 4) is 17.0 Å². The van der Waals surface area contributed by atoms with Crippen molar-refractivity contribution in [1.82, 2.24) is 20.3 Å². The van der Waals surface area contributed by atoms with E-state index >= 15 is 0 Å². The number of methoxy groups -OCH3 is 1. The molecule has 0 saturated heterocycles. The van der Waals surface area contributed by atoms with Gasteiger partial charge in [0.15, 0.2) is 0 Å². The fourth-order valence-corrected chi connectivity index (χ4v) is 2.47. The lowest BCUT2D eigenvalue weighted by Crippen LogP contribution is -2.27. The van der Waals surface area contributed by atoms with Crippen LogP contribution in [0.1, 0.15) is 11.1 Å². The van der Waals surface area contributed by atoms with E-state index in [-0.39, 0.29) is 19.1 Å². The van der Waals surface area contributed by atoms with Crippen LogP contribution in [0.4, 0.5) is 0 Å². The maximum atomic E-state index is 12.1. The molecule has 1 amide bonds. The van der Waals surface area contributed by atoms with Gasteiger partial charge in [-0.15, -0.1) is 5.10 Å². The number of aromatic nitrogens is 3. The number of rotatable bonds is 7. The molecule has 0 saturated carbocycles. The number of ether oxygens (including phenoxy) is 1. The summed E-state index contributed by atoms with van der Waals surface area (Å²) in [6, 6.07) is 14.9. The Morgan fingerprint density at radius 1 is 1.19 bits per heavy atom. The van der Waals surface area contributed by atoms with Gasteiger partial charge in [0.1, 0.15) is 18.0 Å². The van der Waals surface area contributed by atoms with Gasteiger partial charge in [-0.1, -0.05) is 41.6 Å². The molecule has 1 aromatic heterocycles. The second kappa shape index (κ2) is 8.26. The summed E-state index contributed by atoms with van der Waals surface area (Å²) in [6.45, 7) is 0.506. The van der Waals surface area contributed by atoms with Gasteiger partial charge >= 0.3 is 0 Å². The number of amides is 1. The lowest BCUT2D eigenvalue weighted by molar-refractivity contribution is -0.122. The number of hydrogen-bond donors (Lipinski definition) is 2. The molecule has 3 aromatic rings. The van der Waals surface area contributed by atoms with Crippen LogP contribution in [0.2, 0.25) is 0 Å². The van der Waals surface area contributed by atoms with Crippen LogP contribution < -0.4 is 10.1 Å². The monoisotopic (exact) mass is 352 g/mol. The normalized spacial score (nSPS) is 10.5. The smallest absolute Gasteiger partial charge is 0.242 e. The molecule has 2 N–H and O–H groups in total. The average molecular weight is 352 g/mol. The molecular weight excluding hydrogens is 332 g/mol. The summed E-state index contributed by atoms with van der Waals surface area (Å²) in [7, 11) is 1.61. The maximum Gasteiger partial charge on any atom is 0.242 e. The van der Waals surface area contributed by atoms with Crippen molar-refractivity contribution in [3.05, 3.63) is 65.9 Å². The molecule has 0 fully saturated rings. The van der Waals surface area contributed by atoms with Gasteiger partial charge < -0.3 is 15.2 Å². The van der Waals surface area contributed by atoms with Gasteiger partial charge in [-0.3, -0.25) is 4.79 Å². The van der Waals surface area contributed by atoms with Crippen molar-refractivity contribution in [3.63, 3.8) is 0 Å². The van der Waals surface area contributed by atoms with Gasteiger partial charge in [0, 0.05) is 12.1 Å². The molecular formula is C19H20N4O3. The molecule has 0 radical (unpaired) electrons. The predicted octanol–water partition coefficient (Wildman–Crippen LogP) is 1.76. The standard InChI is InChI=1S/C19H20N4O3/c1-26-17-4-2-3-15(9-17)10-20-19(25)12-23-11-18(21-22-23)16-7-5-14(13-24)6-8-16/h2-9,11,24H,10,12-13H2,1H3,(H,20,25). The van der Waals surface area contributed by atoms with Crippen LogP contribution in [0.15, 0.2) is 54.7 Å². The molecule has 0 unspecified atom stereocenters. The highest BCUT2D eigenvalue weighted by Gasteiger charge is 2.08. The van der Waals surface area contributed by atoms with Crippen molar-refractivity contribution in [1.29, 1.82) is 0 Å². The molecule has 0 aliphatic rings. The third kappa shape index (κ3) is 4.46. The van der Waals surface area contributed by atoms with Gasteiger partial charge in [-0.25, -0.2) is 4.68 Å². The highest BCUT2D eigenvalue weighted by molar-refractivity contribution is 5.75. The number of hydrogen-bond acceptors (Lipinski definition) is 5. The summed E-state index contributed by atoms with van der Waals surface area (Å²) in [5.41, 5.74) is 3.35. The molecule has 0 aliphatic carbocycles. The van der Waals surface area contributed by atoms with Gasteiger partial charge in [0.05, 0.1) is 19.9 Å². The molecule has 0 bridgehead atoms. The van der Waals surface area contributed by atoms with Crippen LogP contribution in [-0.2, 0) is 24.5 Å². The van der Waals surface area contributed by atoms with Crippen molar-refractivity contribution < 1.29 is 14.6 Å². The van der Waals surface area contributed by atoms with Crippen molar-refractivity contribution in [2.45, 2.75) is 19.7 Å². The van der Waals surface area contributed by atoms with Gasteiger partial charge in [0.2, 0.25) is 5.91 Å². The number of carbonyl (C=O) groups is 1. The van der Waals surface area contributed by atoms with E-state index in [2.05, 4.69) is 15.6 Å². The highest BCUT2D eigenvalue weighted by atomic mass is 16.5. The highest BCUT2D eigenvalue weighted by Crippen LogP contribution is 2.17. The first-order valence-electron chi connectivity index (χ1n) is 8.18. The number of benzene rings is 2. The van der Waals surface area contributed by atoms with E-state index in [1.54, 1.807) is 13.3 Å². The van der Waals surface area contributed by atoms with E-state index in [4.69, 9.17) is 9.84 Å². The summed E-state index contributed by atoms with van der Waals surface area (Å²) >= 11 is 0. The Hall–Kier alpha value is -3.19. The van der Waals surface area contributed by atoms with Crippen molar-refractivity contribution in [2.75, 3.05) is 7.11 Å². The summed E-state index contributed by atoms with van der Waals surface area (Å²) in [6.07, 6.45) is 1.72. The predicted molar refractivity (Wildman–Crippen MR) is 96.2 cm³/mol. The molecule has 0 atom stereocenters. The number of nitrogens with one attached hydrogen (secondary N) is 1. The van der Waals surface area contributed by atoms with Crippen molar-refractivity contribution in [2.24, 2.45) is 0 Å². The fourth-order valence-electron chi connectivity index (χ4n) is 2.47. The third-order valence-corrected chi connectivity index (χ3v) is 3.90. The quantitative estimate of drug-likeness (QED) is 0.676. The van der Waals surface area contributed by atoms with Crippen molar-refractivity contribution >= 4 is 5.91 Å². The Bertz CT molecular complexity index is 875. The zero-order chi connectivity index (χ0) is 18.4. The molecule has 7 heteroatoms. The molecule has 26 heavy (non-hydrogen) atoms. The molecule has 3 rings (SSSR count). The number of aliphatic hydroxyl groups excluding tert-OH is 1. The summed E-state index contributed by atoms with van der Waals surface area (Å²) < 4.78 is 6.66. The van der Waals surface area contributed by atoms with Crippen LogP contribution in [-0.4, -0.2) is 33.1 Å². The Morgan fingerprint density at radius 2 is 2.00 bits per heavy atom. The Labute approximate surface area is 151 Å². The number of carbonyl (C=O) groups excluding carboxylic acids is 1. The Morgan fingerprint density at radius 3 is 2.73 bits per heavy atom. The SMILES string of the molecule is COc1cccc(CNC(=O)Cn2cc(-c3ccc(CO)cc3)nn2)c1. The first kappa shape index (κ1) is 17.6. The van der Waals surface area contributed by atoms with Crippen LogP contribution in [0.5, 0.6) is 5.75 Å². The lowest BCUT2D eigenvalue weighted by Gasteiger charge is -2.06. The minimum Gasteiger partial charge on any atom is -0.497 e. The minimum absolute atomic E-state index is 0.000427. The number of nitrogens with zero attached hydrogens (tertiary/aromatic N) is 3. The fraction of sp³-hybridized carbons (Fsp3) is 0.211. The molecule has 7 nitrogen and oxygen atoms in total. The maximum absolute atomic E-state index is 12.1. The summed E-state index contributed by atoms with van der Waals surface area (Å²) in [5.74, 6) is 0.602. The Balaban J connectivity index is 1.56. The Kier molecular flexibility index (Phi) is 5.60. The third-order valence-electron chi connectivity index (χ3n) is 3.90. The topological polar surface area (TPSA) is 89.3 Å². The van der Waals surface area contributed by atoms with Gasteiger partial charge in [-0.05, 0) is 23.3 Å². The van der Waals surface area contributed by atoms with Crippen LogP contribution in [0.3, 0.4) is 0 Å². The van der Waals surface area contributed by atoms with Gasteiger partial charge in [0.25, 0.3) is 0 Å². The zero-order valence-corrected chi connectivity index (χ0v) is 14.4. The lowest BCUT2D eigenvalue weighted by atomic mass is 10.1. The molecule has 134 valence electrons. The van der Waals surface area contributed by atoms with E-state index in [1.165, 1.54) is 4.68 Å². The van der Waals surface area contributed by atoms with Crippen LogP contribution in [0.25, 0.3) is 11.3 Å². The van der Waals surface area contributed by atoms with E-state index in [9.17, 15) is 4.79 Å². The second-order valence-corrected chi connectivity index (χ2v) is 5.78. The van der Waals surface area contributed by atoms with Crippen LogP contribution in [0, 0.1) is 0 Å². The van der Waals surface area contributed by atoms with E-state index in [0.29, 0.717) is 12.2 Å². The average Bonchev–Trinajstić information content (AvgIpc) is 3.15. The largest absolute Gasteiger partial charge is 0.497 e. The zero-order valence-electron chi connectivity index (χ0n) is 14.4. The first-order valence-corrected chi connectivity index (χ1v) is 8.18.